The number of aliphatic hydroxyl groups excluding tert-OH is 1. The van der Waals surface area contributed by atoms with E-state index in [1.165, 1.54) is 18.2 Å². The van der Waals surface area contributed by atoms with E-state index >= 15 is 4.39 Å². The van der Waals surface area contributed by atoms with Crippen molar-refractivity contribution in [2.45, 2.75) is 108 Å². The molecule has 6 aliphatic rings. The number of hydrogen-bond donors (Lipinski definition) is 5. The number of aliphatic hydroxyl groups is 1. The summed E-state index contributed by atoms with van der Waals surface area (Å²) in [5, 5.41) is 19.2. The van der Waals surface area contributed by atoms with E-state index in [2.05, 4.69) is 5.32 Å². The van der Waals surface area contributed by atoms with Gasteiger partial charge in [0, 0.05) is 35.1 Å². The van der Waals surface area contributed by atoms with Crippen LogP contribution in [0.4, 0.5) is 28.9 Å². The fourth-order valence-electron chi connectivity index (χ4n) is 14.2. The molecule has 2 aliphatic heterocycles. The molecule has 2 amide bonds. The van der Waals surface area contributed by atoms with Crippen molar-refractivity contribution in [1.29, 1.82) is 0 Å². The molecule has 4 aliphatic carbocycles. The third kappa shape index (κ3) is 12.9. The molecule has 1 saturated heterocycles. The van der Waals surface area contributed by atoms with Crippen molar-refractivity contribution in [3.63, 3.8) is 0 Å². The molecule has 97 heavy (non-hydrogen) atoms. The van der Waals surface area contributed by atoms with E-state index < -0.39 is 158 Å². The first kappa shape index (κ1) is 70.3. The lowest BCUT2D eigenvalue weighted by atomic mass is 9.44. The number of hydrogen-bond acceptors (Lipinski definition) is 18. The number of nitrogens with zero attached hydrogens (tertiary/aromatic N) is 2. The number of nitrogens with one attached hydrogen (secondary N) is 4. The molecule has 23 nitrogen and oxygen atoms in total. The van der Waals surface area contributed by atoms with Gasteiger partial charge in [-0.25, -0.2) is 22.9 Å². The van der Waals surface area contributed by atoms with Gasteiger partial charge in [0.2, 0.25) is 35.1 Å². The van der Waals surface area contributed by atoms with Crippen LogP contribution in [0.5, 0.6) is 5.75 Å². The number of para-hydroxylation sites is 2. The number of rotatable bonds is 13. The number of anilines is 2. The van der Waals surface area contributed by atoms with Gasteiger partial charge in [-0.05, 0) is 130 Å². The summed E-state index contributed by atoms with van der Waals surface area (Å²) in [5.41, 5.74) is -8.37. The Balaban J connectivity index is 0.000000169. The topological polar surface area (TPSA) is 327 Å². The fraction of sp³-hybridized carbons (Fsp3) is 0.353. The molecule has 4 fully saturated rings. The molecule has 3 saturated carbocycles. The molecule has 5 N–H and O–H groups in total. The van der Waals surface area contributed by atoms with Crippen molar-refractivity contribution < 1.29 is 80.0 Å². The lowest BCUT2D eigenvalue weighted by molar-refractivity contribution is -0.246. The smallest absolute Gasteiger partial charge is 0.335 e. The van der Waals surface area contributed by atoms with Gasteiger partial charge in [0.05, 0.1) is 47.2 Å². The second-order valence-electron chi connectivity index (χ2n) is 25.1. The van der Waals surface area contributed by atoms with Gasteiger partial charge in [-0.1, -0.05) is 90.3 Å². The number of imide groups is 1. The lowest BCUT2D eigenvalue weighted by Crippen LogP contribution is -2.70. The number of esters is 1. The van der Waals surface area contributed by atoms with Crippen molar-refractivity contribution >= 4 is 92.3 Å². The Kier molecular flexibility index (Phi) is 19.4. The van der Waals surface area contributed by atoms with Gasteiger partial charge in [0.25, 0.3) is 17.0 Å². The highest BCUT2D eigenvalue weighted by atomic mass is 35.5. The number of ether oxygens (including phenoxy) is 4. The number of allylic oxidation sites excluding steroid dienone is 4. The molecule has 6 aromatic rings. The predicted octanol–water partition coefficient (Wildman–Crippen LogP) is 7.95. The SMILES string of the molecule is CC1(C)OC2CC3C4CCC5=CC(=O)C=C[C@]5(C)[C@@]4(F)[C@@H](O)C[C@]3(C)C2(C(=O)COC(=O)CC(=O)n2c(=O)[nH]cc(F)c2=O)O1.COc1ccc2cc([C@H](C)C(=O)n3cc(F)c(=O)[nH]c3=O)ccc2c1.O=C1NC(=O)C(C(=O)Cc2ccccc2Nc2c(Cl)cccc2Cl)C=C1F. The van der Waals surface area contributed by atoms with Crippen molar-refractivity contribution in [3.8, 4) is 5.75 Å². The van der Waals surface area contributed by atoms with Crippen molar-refractivity contribution in [2.75, 3.05) is 19.0 Å². The Morgan fingerprint density at radius 1 is 0.866 bits per heavy atom. The number of aromatic nitrogens is 4. The first-order valence-electron chi connectivity index (χ1n) is 30.3. The van der Waals surface area contributed by atoms with Crippen LogP contribution in [0.1, 0.15) is 93.4 Å². The molecule has 508 valence electrons. The number of amides is 2. The van der Waals surface area contributed by atoms with Crippen molar-refractivity contribution in [3.05, 3.63) is 201 Å². The van der Waals surface area contributed by atoms with Crippen molar-refractivity contribution in [2.24, 2.45) is 28.6 Å². The van der Waals surface area contributed by atoms with E-state index in [-0.39, 0.29) is 29.6 Å². The van der Waals surface area contributed by atoms with Crippen LogP contribution in [0.3, 0.4) is 0 Å². The van der Waals surface area contributed by atoms with Gasteiger partial charge in [-0.3, -0.25) is 58.2 Å². The van der Waals surface area contributed by atoms with Gasteiger partial charge in [0.15, 0.2) is 41.1 Å². The normalized spacial score (nSPS) is 25.9. The number of aromatic amines is 2. The number of carbonyl (C=O) groups is 8. The molecule has 4 heterocycles. The number of Topliss-reactive ketones (excluding diaryl/α,β-unsaturated/α-hetero) is 2. The highest BCUT2D eigenvalue weighted by molar-refractivity contribution is 6.39. The van der Waals surface area contributed by atoms with Gasteiger partial charge < -0.3 is 34.4 Å². The molecule has 0 bridgehead atoms. The number of benzene rings is 4. The number of ketones is 3. The standard InChI is InChI=1S/C31H34F2N2O10.C19H13Cl2FN2O3.C18H15FN2O4/c1-27(2)44-22-10-18-17-6-5-15-9-16(36)7-8-28(15,3)30(17,33)20(37)12-29(18,4)31(22,45-27)21(38)14-43-24(40)11-23(39)35-25(41)19(32)13-34-26(35)42;20-12-5-3-6-13(21)17(12)23-15-7-2-1-4-10(15)8-16(25)11-9-14(22)19(27)24-18(11)26;1-10(17(23)21-9-15(19)16(22)20-18(21)24)11-3-4-13-8-14(25-2)6-5-12(13)7-11/h7-9,13,17-18,20,22,37H,5-6,10-12,14H2,1-4H3,(H,34,42);1-7,9,11,23H,8H2,(H,24,26,27);3-10H,1-2H3,(H,20,22,24)/t17?,18?,20-,22?,28-,29-,30-,31?;;10-/m0.0/s1. The molecule has 0 radical (unpaired) electrons. The van der Waals surface area contributed by atoms with E-state index in [4.69, 9.17) is 42.1 Å². The van der Waals surface area contributed by atoms with Gasteiger partial charge in [-0.2, -0.15) is 13.3 Å². The van der Waals surface area contributed by atoms with Gasteiger partial charge in [-0.15, -0.1) is 0 Å². The largest absolute Gasteiger partial charge is 0.497 e. The molecular weight excluding hydrogens is 1320 g/mol. The van der Waals surface area contributed by atoms with Crippen molar-refractivity contribution in [1.82, 2.24) is 24.4 Å². The summed E-state index contributed by atoms with van der Waals surface area (Å²) in [4.78, 5) is 150. The monoisotopic (exact) mass is 1380 g/mol. The molecule has 4 aromatic carbocycles. The Labute approximate surface area is 557 Å². The fourth-order valence-corrected chi connectivity index (χ4v) is 14.7. The van der Waals surface area contributed by atoms with E-state index in [0.717, 1.165) is 22.6 Å². The van der Waals surface area contributed by atoms with Crippen LogP contribution in [0.2, 0.25) is 10.0 Å². The Hall–Kier alpha value is -9.54. The van der Waals surface area contributed by atoms with E-state index in [9.17, 15) is 75.8 Å². The average molecular weight is 1380 g/mol. The predicted molar refractivity (Wildman–Crippen MR) is 341 cm³/mol. The summed E-state index contributed by atoms with van der Waals surface area (Å²) >= 11 is 12.3. The van der Waals surface area contributed by atoms with Crippen LogP contribution in [0.15, 0.2) is 146 Å². The third-order valence-electron chi connectivity index (χ3n) is 19.0. The zero-order valence-corrected chi connectivity index (χ0v) is 54.0. The van der Waals surface area contributed by atoms with Crippen LogP contribution in [-0.4, -0.2) is 114 Å². The van der Waals surface area contributed by atoms with Crippen LogP contribution >= 0.6 is 23.2 Å². The van der Waals surface area contributed by atoms with Crippen LogP contribution in [0, 0.1) is 40.2 Å². The minimum absolute atomic E-state index is 0.0819. The van der Waals surface area contributed by atoms with Crippen LogP contribution < -0.4 is 37.9 Å². The summed E-state index contributed by atoms with van der Waals surface area (Å²) in [7, 11) is 1.58. The first-order valence-corrected chi connectivity index (χ1v) is 31.0. The highest BCUT2D eigenvalue weighted by Gasteiger charge is 2.80. The van der Waals surface area contributed by atoms with Gasteiger partial charge in [0.1, 0.15) is 18.1 Å². The van der Waals surface area contributed by atoms with Crippen LogP contribution in [0.25, 0.3) is 10.8 Å². The second-order valence-corrected chi connectivity index (χ2v) is 25.9. The number of carbonyl (C=O) groups excluding carboxylic acids is 8. The molecule has 29 heteroatoms. The number of H-pyrrole nitrogens is 2. The molecule has 12 rings (SSSR count). The summed E-state index contributed by atoms with van der Waals surface area (Å²) < 4.78 is 81.3. The first-order chi connectivity index (χ1) is 45.7. The third-order valence-corrected chi connectivity index (χ3v) is 19.6. The zero-order chi connectivity index (χ0) is 70.6. The zero-order valence-electron chi connectivity index (χ0n) is 52.5. The van der Waals surface area contributed by atoms with E-state index in [0.29, 0.717) is 67.9 Å². The maximum atomic E-state index is 17.5. The second kappa shape index (κ2) is 26.8. The molecule has 5 unspecified atom stereocenters. The maximum absolute atomic E-state index is 17.5. The van der Waals surface area contributed by atoms with E-state index in [1.807, 2.05) is 34.6 Å². The lowest BCUT2D eigenvalue weighted by Gasteiger charge is -2.62. The molecule has 2 aromatic heterocycles. The summed E-state index contributed by atoms with van der Waals surface area (Å²) in [6.07, 6.45) is 3.12. The van der Waals surface area contributed by atoms with Crippen LogP contribution in [-0.2, 0) is 49.4 Å². The molecule has 0 spiro atoms. The average Bonchev–Trinajstić information content (AvgIpc) is 1.54. The minimum atomic E-state index is -2.16. The number of methoxy groups -OCH3 is 1. The quantitative estimate of drug-likeness (QED) is 0.0317. The number of halogens is 6. The molecular formula is C68H62Cl2F4N6O17. The molecule has 10 atom stereocenters. The number of fused-ring (bicyclic) bond motifs is 8. The Morgan fingerprint density at radius 2 is 1.56 bits per heavy atom. The highest BCUT2D eigenvalue weighted by Crippen LogP contribution is 2.72. The number of alkyl halides is 1. The maximum Gasteiger partial charge on any atom is 0.335 e. The van der Waals surface area contributed by atoms with Gasteiger partial charge >= 0.3 is 17.3 Å². The minimum Gasteiger partial charge on any atom is -0.497 e. The summed E-state index contributed by atoms with van der Waals surface area (Å²) in [6, 6.07) is 22.9. The summed E-state index contributed by atoms with van der Waals surface area (Å²) in [5.74, 6) is -14.4. The Bertz CT molecular complexity index is 4660. The van der Waals surface area contributed by atoms with E-state index in [1.54, 1.807) is 101 Å². The summed E-state index contributed by atoms with van der Waals surface area (Å²) in [6.45, 7) is 7.36. The Morgan fingerprint density at radius 3 is 2.27 bits per heavy atom.